The fourth-order valence-electron chi connectivity index (χ4n) is 0.513. The molecule has 0 spiro atoms. The first-order valence-electron chi connectivity index (χ1n) is 2.93. The van der Waals surface area contributed by atoms with E-state index < -0.39 is 0 Å². The Hall–Kier alpha value is -0.500. The molecule has 0 rings (SSSR count). The van der Waals surface area contributed by atoms with Gasteiger partial charge in [0.15, 0.2) is 0 Å². The van der Waals surface area contributed by atoms with Crippen LogP contribution in [0, 0.1) is 0 Å². The minimum atomic E-state index is 0.686. The minimum absolute atomic E-state index is 0.686. The molecule has 8 heavy (non-hydrogen) atoms. The highest BCUT2D eigenvalue weighted by molar-refractivity contribution is 4.90. The van der Waals surface area contributed by atoms with Crippen molar-refractivity contribution < 1.29 is 0 Å². The van der Waals surface area contributed by atoms with Crippen molar-refractivity contribution in [2.24, 2.45) is 5.73 Å². The topological polar surface area (TPSA) is 38.0 Å². The highest BCUT2D eigenvalue weighted by atomic mass is 14.9. The summed E-state index contributed by atoms with van der Waals surface area (Å²) in [7, 11) is 0. The molecule has 2 nitrogen and oxygen atoms in total. The molecule has 0 bridgehead atoms. The van der Waals surface area contributed by atoms with Gasteiger partial charge in [0.25, 0.3) is 0 Å². The van der Waals surface area contributed by atoms with Crippen molar-refractivity contribution >= 4 is 0 Å². The van der Waals surface area contributed by atoms with Crippen LogP contribution in [0.4, 0.5) is 0 Å². The second-order valence-corrected chi connectivity index (χ2v) is 1.67. The van der Waals surface area contributed by atoms with Gasteiger partial charge in [-0.2, -0.15) is 0 Å². The molecule has 0 aromatic heterocycles. The Bertz CT molecular complexity index is 60.9. The molecule has 0 aromatic carbocycles. The van der Waals surface area contributed by atoms with Gasteiger partial charge < -0.3 is 11.1 Å². The molecule has 0 aliphatic rings. The normalized spacial score (nSPS) is 8.75. The van der Waals surface area contributed by atoms with Crippen molar-refractivity contribution in [3.05, 3.63) is 12.3 Å². The van der Waals surface area contributed by atoms with Gasteiger partial charge in [-0.05, 0) is 19.9 Å². The van der Waals surface area contributed by atoms with Crippen molar-refractivity contribution in [1.82, 2.24) is 5.32 Å². The summed E-state index contributed by atoms with van der Waals surface area (Å²) in [5.74, 6) is 0. The van der Waals surface area contributed by atoms with Crippen LogP contribution in [-0.4, -0.2) is 13.1 Å². The van der Waals surface area contributed by atoms with E-state index in [2.05, 4.69) is 11.9 Å². The van der Waals surface area contributed by atoms with Crippen molar-refractivity contribution in [3.8, 4) is 0 Å². The zero-order chi connectivity index (χ0) is 6.41. The van der Waals surface area contributed by atoms with Crippen molar-refractivity contribution in [1.29, 1.82) is 0 Å². The van der Waals surface area contributed by atoms with Gasteiger partial charge in [-0.25, -0.2) is 0 Å². The van der Waals surface area contributed by atoms with Gasteiger partial charge in [0.05, 0.1) is 0 Å². The summed E-state index contributed by atoms with van der Waals surface area (Å²) >= 11 is 0. The molecule has 0 fully saturated rings. The predicted molar refractivity (Wildman–Crippen MR) is 36.5 cm³/mol. The van der Waals surface area contributed by atoms with Gasteiger partial charge in [-0.3, -0.25) is 0 Å². The Morgan fingerprint density at radius 3 is 2.75 bits per heavy atom. The van der Waals surface area contributed by atoms with Crippen molar-refractivity contribution in [2.75, 3.05) is 13.1 Å². The zero-order valence-electron chi connectivity index (χ0n) is 5.41. The highest BCUT2D eigenvalue weighted by Gasteiger charge is 1.85. The van der Waals surface area contributed by atoms with E-state index in [1.807, 2.05) is 6.92 Å². The van der Waals surface area contributed by atoms with E-state index in [0.717, 1.165) is 18.7 Å². The van der Waals surface area contributed by atoms with Gasteiger partial charge in [0.2, 0.25) is 0 Å². The second kappa shape index (κ2) is 4.65. The predicted octanol–water partition coefficient (Wildman–Crippen LogP) is 0.458. The van der Waals surface area contributed by atoms with Crippen molar-refractivity contribution in [3.63, 3.8) is 0 Å². The van der Waals surface area contributed by atoms with E-state index in [-0.39, 0.29) is 0 Å². The molecule has 0 aliphatic carbocycles. The quantitative estimate of drug-likeness (QED) is 0.557. The van der Waals surface area contributed by atoms with Crippen LogP contribution in [0.15, 0.2) is 12.3 Å². The molecule has 0 saturated carbocycles. The van der Waals surface area contributed by atoms with Gasteiger partial charge in [0, 0.05) is 12.2 Å². The molecule has 0 saturated heterocycles. The van der Waals surface area contributed by atoms with Crippen LogP contribution in [0.25, 0.3) is 0 Å². The fourth-order valence-corrected chi connectivity index (χ4v) is 0.513. The Balaban J connectivity index is 3.06. The Morgan fingerprint density at radius 2 is 2.38 bits per heavy atom. The van der Waals surface area contributed by atoms with Crippen molar-refractivity contribution in [2.45, 2.75) is 13.3 Å². The summed E-state index contributed by atoms with van der Waals surface area (Å²) in [6, 6.07) is 0. The fraction of sp³-hybridized carbons (Fsp3) is 0.667. The molecule has 0 aromatic rings. The first-order chi connectivity index (χ1) is 3.81. The number of hydrogen-bond acceptors (Lipinski definition) is 2. The van der Waals surface area contributed by atoms with Crippen LogP contribution in [0.3, 0.4) is 0 Å². The third-order valence-electron chi connectivity index (χ3n) is 0.873. The van der Waals surface area contributed by atoms with E-state index in [4.69, 9.17) is 5.73 Å². The number of nitrogens with one attached hydrogen (secondary N) is 1. The molecule has 0 amide bonds. The molecule has 0 radical (unpaired) electrons. The molecule has 0 aliphatic heterocycles. The smallest absolute Gasteiger partial charge is 0.0115 e. The van der Waals surface area contributed by atoms with Gasteiger partial charge >= 0.3 is 0 Å². The maximum Gasteiger partial charge on any atom is 0.0115 e. The molecule has 3 N–H and O–H groups in total. The summed E-state index contributed by atoms with van der Waals surface area (Å²) < 4.78 is 0. The van der Waals surface area contributed by atoms with Crippen LogP contribution >= 0.6 is 0 Å². The number of rotatable bonds is 4. The van der Waals surface area contributed by atoms with E-state index in [9.17, 15) is 0 Å². The maximum atomic E-state index is 5.26. The van der Waals surface area contributed by atoms with Crippen LogP contribution in [0.5, 0.6) is 0 Å². The number of nitrogens with two attached hydrogens (primary N) is 1. The van der Waals surface area contributed by atoms with Gasteiger partial charge in [-0.15, -0.1) is 0 Å². The van der Waals surface area contributed by atoms with Crippen LogP contribution in [0.2, 0.25) is 0 Å². The van der Waals surface area contributed by atoms with E-state index >= 15 is 0 Å². The summed E-state index contributed by atoms with van der Waals surface area (Å²) in [5.41, 5.74) is 6.30. The van der Waals surface area contributed by atoms with Gasteiger partial charge in [-0.1, -0.05) is 6.58 Å². The standard InChI is InChI=1S/C6H14N2/c1-3-8-6(2)4-5-7/h8H,2-5,7H2,1H3. The third kappa shape index (κ3) is 3.68. The largest absolute Gasteiger partial charge is 0.389 e. The zero-order valence-corrected chi connectivity index (χ0v) is 5.41. The summed E-state index contributed by atoms with van der Waals surface area (Å²) in [6.45, 7) is 7.42. The molecule has 48 valence electrons. The lowest BCUT2D eigenvalue weighted by molar-refractivity contribution is 0.784. The lowest BCUT2D eigenvalue weighted by atomic mass is 10.3. The first-order valence-corrected chi connectivity index (χ1v) is 2.93. The Morgan fingerprint density at radius 1 is 1.75 bits per heavy atom. The molecular weight excluding hydrogens is 100 g/mol. The summed E-state index contributed by atoms with van der Waals surface area (Å²) in [6.07, 6.45) is 0.883. The Kier molecular flexibility index (Phi) is 4.36. The molecular formula is C6H14N2. The SMILES string of the molecule is C=C(CCN)NCC. The maximum absolute atomic E-state index is 5.26. The lowest BCUT2D eigenvalue weighted by Gasteiger charge is -2.02. The Labute approximate surface area is 50.8 Å². The molecule has 0 heterocycles. The first kappa shape index (κ1) is 7.50. The third-order valence-corrected chi connectivity index (χ3v) is 0.873. The van der Waals surface area contributed by atoms with Crippen LogP contribution in [0.1, 0.15) is 13.3 Å². The van der Waals surface area contributed by atoms with Crippen LogP contribution < -0.4 is 11.1 Å². The van der Waals surface area contributed by atoms with Gasteiger partial charge in [0.1, 0.15) is 0 Å². The average Bonchev–Trinajstić information content (AvgIpc) is 1.68. The molecule has 2 heteroatoms. The monoisotopic (exact) mass is 114 g/mol. The van der Waals surface area contributed by atoms with E-state index in [1.54, 1.807) is 0 Å². The summed E-state index contributed by atoms with van der Waals surface area (Å²) in [5, 5.41) is 3.07. The van der Waals surface area contributed by atoms with Crippen LogP contribution in [-0.2, 0) is 0 Å². The molecule has 0 atom stereocenters. The van der Waals surface area contributed by atoms with E-state index in [0.29, 0.717) is 6.54 Å². The van der Waals surface area contributed by atoms with E-state index in [1.165, 1.54) is 0 Å². The highest BCUT2D eigenvalue weighted by Crippen LogP contribution is 1.86. The summed E-state index contributed by atoms with van der Waals surface area (Å²) in [4.78, 5) is 0. The average molecular weight is 114 g/mol. The lowest BCUT2D eigenvalue weighted by Crippen LogP contribution is -2.14. The second-order valence-electron chi connectivity index (χ2n) is 1.67. The molecule has 0 unspecified atom stereocenters. The number of hydrogen-bond donors (Lipinski definition) is 2. The minimum Gasteiger partial charge on any atom is -0.389 e.